The molecule has 0 fully saturated rings. The summed E-state index contributed by atoms with van der Waals surface area (Å²) in [5.74, 6) is 0. The fraction of sp³-hybridized carbons (Fsp3) is 0.0889. The normalized spacial score (nSPS) is 16.9. The quantitative estimate of drug-likeness (QED) is 0.199. The highest BCUT2D eigenvalue weighted by Crippen LogP contribution is 2.50. The number of allylic oxidation sites excluding steroid dienone is 1. The summed E-state index contributed by atoms with van der Waals surface area (Å²) in [4.78, 5) is 5.76. The summed E-state index contributed by atoms with van der Waals surface area (Å²) in [6, 6.07) is 51.4. The van der Waals surface area contributed by atoms with E-state index in [4.69, 9.17) is 4.99 Å². The van der Waals surface area contributed by atoms with Crippen molar-refractivity contribution in [3.05, 3.63) is 162 Å². The predicted molar refractivity (Wildman–Crippen MR) is 209 cm³/mol. The van der Waals surface area contributed by atoms with E-state index >= 15 is 0 Å². The number of hydrogen-bond acceptors (Lipinski definition) is 3. The van der Waals surface area contributed by atoms with Crippen LogP contribution in [0.25, 0.3) is 69.2 Å². The van der Waals surface area contributed by atoms with Crippen LogP contribution in [0.2, 0.25) is 0 Å². The second kappa shape index (κ2) is 9.68. The topological polar surface area (TPSA) is 29.3 Å². The largest absolute Gasteiger partial charge is 0.358 e. The smallest absolute Gasteiger partial charge is 0.148 e. The van der Waals surface area contributed by atoms with E-state index in [1.165, 1.54) is 74.6 Å². The minimum Gasteiger partial charge on any atom is -0.358 e. The first-order valence-corrected chi connectivity index (χ1v) is 17.8. The number of benzene rings is 7. The van der Waals surface area contributed by atoms with E-state index in [1.807, 2.05) is 11.3 Å². The lowest BCUT2D eigenvalue weighted by Crippen LogP contribution is -2.37. The molecule has 1 aliphatic carbocycles. The highest BCUT2D eigenvalue weighted by atomic mass is 32.1. The van der Waals surface area contributed by atoms with Crippen LogP contribution in [-0.2, 0) is 5.41 Å². The maximum atomic E-state index is 5.76. The number of aromatic nitrogens is 1. The molecule has 11 rings (SSSR count). The third kappa shape index (κ3) is 3.70. The minimum absolute atomic E-state index is 0.238. The summed E-state index contributed by atoms with van der Waals surface area (Å²) in [5.41, 5.74) is 9.16. The zero-order valence-electron chi connectivity index (χ0n) is 27.2. The van der Waals surface area contributed by atoms with Gasteiger partial charge in [-0.15, -0.1) is 11.3 Å². The molecule has 0 radical (unpaired) electrons. The average Bonchev–Trinajstić information content (AvgIpc) is 3.75. The van der Waals surface area contributed by atoms with Gasteiger partial charge in [-0.2, -0.15) is 0 Å². The Morgan fingerprint density at radius 3 is 2.20 bits per heavy atom. The molecular weight excluding hydrogens is 615 g/mol. The van der Waals surface area contributed by atoms with E-state index in [-0.39, 0.29) is 11.6 Å². The van der Waals surface area contributed by atoms with Crippen molar-refractivity contribution in [2.75, 3.05) is 0 Å². The molecule has 1 N–H and O–H groups in total. The molecule has 0 saturated heterocycles. The standard InChI is InChI=1S/C45H31N3S/c1-45(2)36-17-9-7-16-33(36)41-43(45)46-40(29-20-22-39-35(24-29)31-15-8-10-18-38(31)49-39)44(47-41)48-37-25-28-13-4-3-12-27(28)23-34(37)32-21-19-26-11-5-6-14-30(26)42(32)48/h3-25,44,47H,1-2H3. The van der Waals surface area contributed by atoms with Gasteiger partial charge in [0.1, 0.15) is 6.17 Å². The van der Waals surface area contributed by atoms with Crippen molar-refractivity contribution < 1.29 is 0 Å². The van der Waals surface area contributed by atoms with Crippen LogP contribution in [0, 0.1) is 0 Å². The van der Waals surface area contributed by atoms with Crippen molar-refractivity contribution in [2.24, 2.45) is 4.99 Å². The first-order valence-electron chi connectivity index (χ1n) is 17.0. The molecular formula is C45H31N3S. The summed E-state index contributed by atoms with van der Waals surface area (Å²) in [6.07, 6.45) is -0.255. The average molecular weight is 646 g/mol. The number of hydrogen-bond donors (Lipinski definition) is 1. The minimum atomic E-state index is -0.255. The van der Waals surface area contributed by atoms with Crippen LogP contribution < -0.4 is 5.32 Å². The second-order valence-corrected chi connectivity index (χ2v) is 15.1. The monoisotopic (exact) mass is 645 g/mol. The van der Waals surface area contributed by atoms with Gasteiger partial charge in [-0.3, -0.25) is 0 Å². The van der Waals surface area contributed by atoms with Gasteiger partial charge in [0.15, 0.2) is 0 Å². The molecule has 2 aromatic heterocycles. The van der Waals surface area contributed by atoms with Crippen molar-refractivity contribution in [1.29, 1.82) is 0 Å². The Balaban J connectivity index is 1.26. The Bertz CT molecular complexity index is 2950. The Morgan fingerprint density at radius 2 is 1.33 bits per heavy atom. The van der Waals surface area contributed by atoms with Crippen molar-refractivity contribution in [3.63, 3.8) is 0 Å². The molecule has 2 aliphatic rings. The molecule has 0 bridgehead atoms. The van der Waals surface area contributed by atoms with E-state index in [9.17, 15) is 0 Å². The zero-order valence-corrected chi connectivity index (χ0v) is 28.0. The number of nitrogens with zero attached hydrogens (tertiary/aromatic N) is 2. The number of aliphatic imine (C=N–C) groups is 1. The van der Waals surface area contributed by atoms with Gasteiger partial charge in [0, 0.05) is 52.9 Å². The molecule has 1 atom stereocenters. The fourth-order valence-electron chi connectivity index (χ4n) is 8.60. The predicted octanol–water partition coefficient (Wildman–Crippen LogP) is 11.7. The zero-order chi connectivity index (χ0) is 32.4. The van der Waals surface area contributed by atoms with Gasteiger partial charge in [-0.25, -0.2) is 4.99 Å². The first kappa shape index (κ1) is 27.3. The van der Waals surface area contributed by atoms with Crippen molar-refractivity contribution in [1.82, 2.24) is 9.88 Å². The Labute approximate surface area is 287 Å². The third-order valence-corrected chi connectivity index (χ3v) is 12.1. The molecule has 9 aromatic rings. The molecule has 7 aromatic carbocycles. The van der Waals surface area contributed by atoms with Crippen LogP contribution in [0.15, 0.2) is 150 Å². The van der Waals surface area contributed by atoms with Crippen LogP contribution >= 0.6 is 11.3 Å². The van der Waals surface area contributed by atoms with Crippen LogP contribution in [-0.4, -0.2) is 10.3 Å². The summed E-state index contributed by atoms with van der Waals surface area (Å²) in [6.45, 7) is 4.62. The van der Waals surface area contributed by atoms with Crippen LogP contribution in [0.5, 0.6) is 0 Å². The Morgan fingerprint density at radius 1 is 0.612 bits per heavy atom. The van der Waals surface area contributed by atoms with Crippen LogP contribution in [0.1, 0.15) is 36.7 Å². The second-order valence-electron chi connectivity index (χ2n) is 14.0. The highest BCUT2D eigenvalue weighted by molar-refractivity contribution is 7.25. The van der Waals surface area contributed by atoms with Gasteiger partial charge in [0.2, 0.25) is 0 Å². The van der Waals surface area contributed by atoms with E-state index in [0.717, 1.165) is 22.7 Å². The van der Waals surface area contributed by atoms with Crippen LogP contribution in [0.3, 0.4) is 0 Å². The molecule has 1 aliphatic heterocycles. The summed E-state index contributed by atoms with van der Waals surface area (Å²) >= 11 is 1.86. The summed E-state index contributed by atoms with van der Waals surface area (Å²) in [7, 11) is 0. The number of fused-ring (bicyclic) bond motifs is 11. The van der Waals surface area contributed by atoms with Gasteiger partial charge in [-0.1, -0.05) is 123 Å². The Hall–Kier alpha value is -5.71. The van der Waals surface area contributed by atoms with Gasteiger partial charge in [-0.05, 0) is 52.1 Å². The lowest BCUT2D eigenvalue weighted by molar-refractivity contribution is 0.589. The number of thiophene rings is 1. The molecule has 1 unspecified atom stereocenters. The van der Waals surface area contributed by atoms with Crippen molar-refractivity contribution in [3.8, 4) is 0 Å². The van der Waals surface area contributed by atoms with Crippen molar-refractivity contribution in [2.45, 2.75) is 25.4 Å². The Kier molecular flexibility index (Phi) is 5.39. The van der Waals surface area contributed by atoms with Crippen molar-refractivity contribution >= 4 is 86.3 Å². The molecule has 4 heteroatoms. The molecule has 49 heavy (non-hydrogen) atoms. The molecule has 3 heterocycles. The summed E-state index contributed by atoms with van der Waals surface area (Å²) < 4.78 is 5.16. The first-order chi connectivity index (χ1) is 24.0. The van der Waals surface area contributed by atoms with Gasteiger partial charge >= 0.3 is 0 Å². The van der Waals surface area contributed by atoms with Crippen LogP contribution in [0.4, 0.5) is 0 Å². The molecule has 0 spiro atoms. The van der Waals surface area contributed by atoms with Gasteiger partial charge in [0.05, 0.1) is 28.1 Å². The summed E-state index contributed by atoms with van der Waals surface area (Å²) in [5, 5.41) is 14.2. The molecule has 232 valence electrons. The van der Waals surface area contributed by atoms with Gasteiger partial charge < -0.3 is 9.88 Å². The third-order valence-electron chi connectivity index (χ3n) is 11.0. The fourth-order valence-corrected chi connectivity index (χ4v) is 9.69. The van der Waals surface area contributed by atoms with E-state index in [2.05, 4.69) is 163 Å². The highest BCUT2D eigenvalue weighted by Gasteiger charge is 2.43. The van der Waals surface area contributed by atoms with E-state index in [1.54, 1.807) is 0 Å². The molecule has 3 nitrogen and oxygen atoms in total. The maximum Gasteiger partial charge on any atom is 0.148 e. The van der Waals surface area contributed by atoms with E-state index in [0.29, 0.717) is 0 Å². The van der Waals surface area contributed by atoms with E-state index < -0.39 is 0 Å². The molecule has 0 amide bonds. The number of rotatable bonds is 2. The lowest BCUT2D eigenvalue weighted by Gasteiger charge is -2.32. The number of nitrogens with one attached hydrogen (secondary N) is 1. The maximum absolute atomic E-state index is 5.76. The SMILES string of the molecule is CC1(C)C2=C(NC(n3c4cc5ccccc5cc4c4ccc5ccccc5c43)C(c3ccc4sc5ccccc5c4c3)=N2)c2ccccc21. The van der Waals surface area contributed by atoms with Gasteiger partial charge in [0.25, 0.3) is 0 Å². The lowest BCUT2D eigenvalue weighted by atomic mass is 9.84. The molecule has 0 saturated carbocycles.